The third kappa shape index (κ3) is 4.68. The van der Waals surface area contributed by atoms with Crippen LogP contribution < -0.4 is 10.6 Å². The number of hydrogen-bond donors (Lipinski definition) is 2. The molecule has 29 heavy (non-hydrogen) atoms. The van der Waals surface area contributed by atoms with E-state index in [9.17, 15) is 9.59 Å². The van der Waals surface area contributed by atoms with E-state index < -0.39 is 0 Å². The van der Waals surface area contributed by atoms with Crippen LogP contribution in [0, 0.1) is 12.3 Å². The normalized spacial score (nSPS) is 10.4. The lowest BCUT2D eigenvalue weighted by Crippen LogP contribution is -2.33. The topological polar surface area (TPSA) is 88.9 Å². The zero-order valence-corrected chi connectivity index (χ0v) is 16.2. The van der Waals surface area contributed by atoms with Gasteiger partial charge in [-0.05, 0) is 36.2 Å². The number of aromatic nitrogens is 3. The molecule has 2 aromatic heterocycles. The average molecular weight is 387 g/mol. The van der Waals surface area contributed by atoms with E-state index in [0.29, 0.717) is 22.6 Å². The average Bonchev–Trinajstić information content (AvgIpc) is 3.18. The van der Waals surface area contributed by atoms with Gasteiger partial charge < -0.3 is 10.6 Å². The van der Waals surface area contributed by atoms with E-state index in [4.69, 9.17) is 6.42 Å². The number of amides is 2. The van der Waals surface area contributed by atoms with Crippen molar-refractivity contribution < 1.29 is 9.59 Å². The van der Waals surface area contributed by atoms with Crippen molar-refractivity contribution >= 4 is 17.5 Å². The summed E-state index contributed by atoms with van der Waals surface area (Å²) in [5.41, 5.74) is 2.37. The Morgan fingerprint density at radius 1 is 1.21 bits per heavy atom. The van der Waals surface area contributed by atoms with Gasteiger partial charge in [0.1, 0.15) is 0 Å². The lowest BCUT2D eigenvalue weighted by Gasteiger charge is -2.12. The predicted molar refractivity (Wildman–Crippen MR) is 111 cm³/mol. The highest BCUT2D eigenvalue weighted by atomic mass is 16.2. The molecule has 0 aliphatic rings. The van der Waals surface area contributed by atoms with Crippen LogP contribution in [0.15, 0.2) is 54.9 Å². The minimum atomic E-state index is -0.372. The second-order valence-corrected chi connectivity index (χ2v) is 6.65. The van der Waals surface area contributed by atoms with Crippen molar-refractivity contribution in [3.05, 3.63) is 71.7 Å². The summed E-state index contributed by atoms with van der Waals surface area (Å²) in [6.07, 6.45) is 8.52. The van der Waals surface area contributed by atoms with E-state index in [2.05, 4.69) is 26.6 Å². The van der Waals surface area contributed by atoms with Gasteiger partial charge in [-0.2, -0.15) is 5.10 Å². The van der Waals surface area contributed by atoms with Gasteiger partial charge in [-0.15, -0.1) is 6.42 Å². The number of benzene rings is 1. The Bertz CT molecular complexity index is 1060. The standard InChI is InChI=1S/C22H21N5O2/c1-4-16-8-7-9-17(12-16)26-20(28)14-24-22(29)18-13-25-27(21(18)15(2)3)19-10-5-6-11-23-19/h1,5-13,15H,14H2,2-3H3,(H,24,29)(H,26,28). The molecule has 0 bridgehead atoms. The molecule has 0 aliphatic heterocycles. The molecule has 0 atom stereocenters. The van der Waals surface area contributed by atoms with Crippen molar-refractivity contribution in [3.8, 4) is 18.2 Å². The largest absolute Gasteiger partial charge is 0.343 e. The van der Waals surface area contributed by atoms with Crippen molar-refractivity contribution in [3.63, 3.8) is 0 Å². The maximum Gasteiger partial charge on any atom is 0.255 e. The molecule has 0 aliphatic carbocycles. The first-order chi connectivity index (χ1) is 14.0. The molecule has 0 radical (unpaired) electrons. The molecular formula is C22H21N5O2. The number of anilines is 1. The maximum absolute atomic E-state index is 12.7. The van der Waals surface area contributed by atoms with Gasteiger partial charge in [0.25, 0.3) is 5.91 Å². The summed E-state index contributed by atoms with van der Waals surface area (Å²) in [6.45, 7) is 3.77. The Labute approximate surface area is 169 Å². The van der Waals surface area contributed by atoms with E-state index in [1.807, 2.05) is 32.0 Å². The summed E-state index contributed by atoms with van der Waals surface area (Å²) in [6, 6.07) is 12.4. The zero-order chi connectivity index (χ0) is 20.8. The Balaban J connectivity index is 1.70. The number of terminal acetylenes is 1. The van der Waals surface area contributed by atoms with Crippen LogP contribution in [0.25, 0.3) is 5.82 Å². The lowest BCUT2D eigenvalue weighted by molar-refractivity contribution is -0.115. The first-order valence-corrected chi connectivity index (χ1v) is 9.13. The van der Waals surface area contributed by atoms with E-state index in [0.717, 1.165) is 5.69 Å². The van der Waals surface area contributed by atoms with E-state index in [1.165, 1.54) is 6.20 Å². The van der Waals surface area contributed by atoms with Crippen molar-refractivity contribution in [2.24, 2.45) is 0 Å². The van der Waals surface area contributed by atoms with Gasteiger partial charge in [-0.25, -0.2) is 9.67 Å². The number of nitrogens with zero attached hydrogens (tertiary/aromatic N) is 3. The molecule has 0 saturated heterocycles. The summed E-state index contributed by atoms with van der Waals surface area (Å²) >= 11 is 0. The molecule has 2 heterocycles. The fourth-order valence-corrected chi connectivity index (χ4v) is 2.90. The third-order valence-corrected chi connectivity index (χ3v) is 4.19. The number of carbonyl (C=O) groups excluding carboxylic acids is 2. The molecule has 3 rings (SSSR count). The minimum Gasteiger partial charge on any atom is -0.343 e. The van der Waals surface area contributed by atoms with Crippen LogP contribution in [0.1, 0.15) is 41.4 Å². The van der Waals surface area contributed by atoms with Crippen LogP contribution in [-0.2, 0) is 4.79 Å². The number of hydrogen-bond acceptors (Lipinski definition) is 4. The zero-order valence-electron chi connectivity index (χ0n) is 16.2. The number of carbonyl (C=O) groups is 2. The number of pyridine rings is 1. The fraction of sp³-hybridized carbons (Fsp3) is 0.182. The summed E-state index contributed by atoms with van der Waals surface area (Å²) in [5, 5.41) is 9.67. The Kier molecular flexibility index (Phi) is 6.05. The van der Waals surface area contributed by atoms with Crippen molar-refractivity contribution in [2.45, 2.75) is 19.8 Å². The molecule has 0 spiro atoms. The smallest absolute Gasteiger partial charge is 0.255 e. The quantitative estimate of drug-likeness (QED) is 0.637. The first-order valence-electron chi connectivity index (χ1n) is 9.13. The minimum absolute atomic E-state index is 0.0283. The van der Waals surface area contributed by atoms with E-state index >= 15 is 0 Å². The van der Waals surface area contributed by atoms with Crippen LogP contribution >= 0.6 is 0 Å². The van der Waals surface area contributed by atoms with Crippen LogP contribution in [0.2, 0.25) is 0 Å². The molecule has 0 unspecified atom stereocenters. The number of nitrogens with one attached hydrogen (secondary N) is 2. The molecule has 7 heteroatoms. The maximum atomic E-state index is 12.7. The molecule has 7 nitrogen and oxygen atoms in total. The molecule has 3 aromatic rings. The molecule has 0 saturated carbocycles. The first kappa shape index (κ1) is 19.8. The highest BCUT2D eigenvalue weighted by Gasteiger charge is 2.21. The molecule has 146 valence electrons. The van der Waals surface area contributed by atoms with E-state index in [-0.39, 0.29) is 24.3 Å². The van der Waals surface area contributed by atoms with Gasteiger partial charge in [0, 0.05) is 17.4 Å². The monoisotopic (exact) mass is 387 g/mol. The Morgan fingerprint density at radius 2 is 2.03 bits per heavy atom. The molecule has 0 fully saturated rings. The van der Waals surface area contributed by atoms with Crippen LogP contribution in [0.5, 0.6) is 0 Å². The summed E-state index contributed by atoms with van der Waals surface area (Å²) in [4.78, 5) is 29.2. The predicted octanol–water partition coefficient (Wildman–Crippen LogP) is 2.74. The SMILES string of the molecule is C#Cc1cccc(NC(=O)CNC(=O)c2cnn(-c3ccccn3)c2C(C)C)c1. The van der Waals surface area contributed by atoms with Crippen molar-refractivity contribution in [1.29, 1.82) is 0 Å². The lowest BCUT2D eigenvalue weighted by atomic mass is 10.1. The highest BCUT2D eigenvalue weighted by Crippen LogP contribution is 2.22. The van der Waals surface area contributed by atoms with Crippen LogP contribution in [0.3, 0.4) is 0 Å². The second kappa shape index (κ2) is 8.85. The van der Waals surface area contributed by atoms with E-state index in [1.54, 1.807) is 35.1 Å². The third-order valence-electron chi connectivity index (χ3n) is 4.19. The van der Waals surface area contributed by atoms with Crippen LogP contribution in [0.4, 0.5) is 5.69 Å². The summed E-state index contributed by atoms with van der Waals surface area (Å²) in [5.74, 6) is 2.44. The van der Waals surface area contributed by atoms with Crippen molar-refractivity contribution in [1.82, 2.24) is 20.1 Å². The van der Waals surface area contributed by atoms with Gasteiger partial charge in [0.05, 0.1) is 24.0 Å². The van der Waals surface area contributed by atoms with Crippen molar-refractivity contribution in [2.75, 3.05) is 11.9 Å². The van der Waals surface area contributed by atoms with Gasteiger partial charge in [-0.1, -0.05) is 31.9 Å². The van der Waals surface area contributed by atoms with Gasteiger partial charge in [0.2, 0.25) is 5.91 Å². The highest BCUT2D eigenvalue weighted by molar-refractivity contribution is 6.00. The molecular weight excluding hydrogens is 366 g/mol. The Morgan fingerprint density at radius 3 is 2.72 bits per heavy atom. The fourth-order valence-electron chi connectivity index (χ4n) is 2.90. The van der Waals surface area contributed by atoms with Gasteiger partial charge in [-0.3, -0.25) is 9.59 Å². The molecule has 2 N–H and O–H groups in total. The second-order valence-electron chi connectivity index (χ2n) is 6.65. The molecule has 2 amide bonds. The summed E-state index contributed by atoms with van der Waals surface area (Å²) in [7, 11) is 0. The number of rotatable bonds is 6. The van der Waals surface area contributed by atoms with Gasteiger partial charge in [0.15, 0.2) is 5.82 Å². The van der Waals surface area contributed by atoms with Crippen LogP contribution in [-0.4, -0.2) is 33.1 Å². The molecule has 1 aromatic carbocycles. The summed E-state index contributed by atoms with van der Waals surface area (Å²) < 4.78 is 1.64. The Hall–Kier alpha value is -3.92. The van der Waals surface area contributed by atoms with Gasteiger partial charge >= 0.3 is 0 Å².